The zero-order valence-electron chi connectivity index (χ0n) is 39.2. The number of nitrogens with zero attached hydrogens (tertiary/aromatic N) is 1. The molecule has 0 unspecified atom stereocenters. The van der Waals surface area contributed by atoms with E-state index in [4.69, 9.17) is 10.8 Å². The van der Waals surface area contributed by atoms with Crippen LogP contribution in [0.2, 0.25) is 0 Å². The Balaban J connectivity index is 3.31. The summed E-state index contributed by atoms with van der Waals surface area (Å²) < 4.78 is 0. The van der Waals surface area contributed by atoms with Crippen molar-refractivity contribution in [3.05, 3.63) is 0 Å². The SMILES string of the molecule is CC[C@H](C)[C@H](NC(=O)[C@@H](NC(=O)[C@@H]1CCCN1C(=O)CNC(=O)CNC(=O)[C@H](C)N)[C@@H](C)O)C(=O)N[C@@H](CCC(=O)O)C(=O)N[C@@H](CCC(=O)O)C(=O)N[C@H](C(=O)N[C@@H](CC(=O)O)C(=O)O)C(C)C. The van der Waals surface area contributed by atoms with Gasteiger partial charge >= 0.3 is 23.9 Å². The first-order valence-electron chi connectivity index (χ1n) is 22.1. The van der Waals surface area contributed by atoms with Crippen molar-refractivity contribution in [1.29, 1.82) is 0 Å². The molecule has 0 saturated carbocycles. The molecule has 0 spiro atoms. The normalized spacial score (nSPS) is 17.1. The van der Waals surface area contributed by atoms with Crippen LogP contribution in [0.15, 0.2) is 0 Å². The quantitative estimate of drug-likeness (QED) is 0.0320. The van der Waals surface area contributed by atoms with Gasteiger partial charge in [-0.25, -0.2) is 4.79 Å². The second kappa shape index (κ2) is 29.0. The van der Waals surface area contributed by atoms with E-state index in [0.29, 0.717) is 6.42 Å². The number of likely N-dealkylation sites (tertiary alicyclic amines) is 1. The van der Waals surface area contributed by atoms with Crippen molar-refractivity contribution < 1.29 is 87.9 Å². The number of hydrogen-bond donors (Lipinski definition) is 14. The van der Waals surface area contributed by atoms with E-state index in [1.807, 2.05) is 5.32 Å². The molecule has 10 atom stereocenters. The van der Waals surface area contributed by atoms with Gasteiger partial charge < -0.3 is 78.7 Å². The summed E-state index contributed by atoms with van der Waals surface area (Å²) in [7, 11) is 0. The number of rotatable bonds is 30. The summed E-state index contributed by atoms with van der Waals surface area (Å²) >= 11 is 0. The fourth-order valence-electron chi connectivity index (χ4n) is 6.64. The molecule has 15 N–H and O–H groups in total. The zero-order valence-corrected chi connectivity index (χ0v) is 39.2. The first kappa shape index (κ1) is 60.0. The molecule has 1 saturated heterocycles. The molecule has 0 aromatic rings. The van der Waals surface area contributed by atoms with E-state index in [2.05, 4.69) is 37.2 Å². The minimum absolute atomic E-state index is 0.0956. The second-order valence-electron chi connectivity index (χ2n) is 16.8. The third-order valence-corrected chi connectivity index (χ3v) is 10.8. The summed E-state index contributed by atoms with van der Waals surface area (Å²) in [4.78, 5) is 166. The topological polar surface area (TPSA) is 449 Å². The van der Waals surface area contributed by atoms with Gasteiger partial charge in [-0.15, -0.1) is 0 Å². The van der Waals surface area contributed by atoms with Gasteiger partial charge in [-0.05, 0) is 51.4 Å². The van der Waals surface area contributed by atoms with Gasteiger partial charge in [-0.1, -0.05) is 34.1 Å². The van der Waals surface area contributed by atoms with Gasteiger partial charge in [0.25, 0.3) is 0 Å². The van der Waals surface area contributed by atoms with Gasteiger partial charge in [0, 0.05) is 19.4 Å². The Morgan fingerprint density at radius 3 is 1.57 bits per heavy atom. The molecule has 388 valence electrons. The minimum atomic E-state index is -1.90. The second-order valence-corrected chi connectivity index (χ2v) is 16.8. The third kappa shape index (κ3) is 20.8. The molecule has 69 heavy (non-hydrogen) atoms. The Kier molecular flexibility index (Phi) is 25.3. The fourth-order valence-corrected chi connectivity index (χ4v) is 6.64. The average Bonchev–Trinajstić information content (AvgIpc) is 3.76. The lowest BCUT2D eigenvalue weighted by molar-refractivity contribution is -0.147. The summed E-state index contributed by atoms with van der Waals surface area (Å²) in [6, 6.07) is -12.3. The van der Waals surface area contributed by atoms with Crippen LogP contribution in [0.4, 0.5) is 0 Å². The van der Waals surface area contributed by atoms with E-state index in [1.54, 1.807) is 6.92 Å². The van der Waals surface area contributed by atoms with E-state index in [-0.39, 0.29) is 19.4 Å². The number of nitrogens with two attached hydrogens (primary N) is 1. The zero-order chi connectivity index (χ0) is 52.9. The van der Waals surface area contributed by atoms with E-state index in [1.165, 1.54) is 27.7 Å². The first-order valence-corrected chi connectivity index (χ1v) is 22.1. The maximum atomic E-state index is 13.9. The Morgan fingerprint density at radius 1 is 0.594 bits per heavy atom. The van der Waals surface area contributed by atoms with Gasteiger partial charge in [0.1, 0.15) is 42.3 Å². The number of aliphatic carboxylic acids is 4. The molecule has 1 fully saturated rings. The predicted octanol–water partition coefficient (Wildman–Crippen LogP) is -5.16. The summed E-state index contributed by atoms with van der Waals surface area (Å²) in [5, 5.41) is 66.2. The van der Waals surface area contributed by atoms with Crippen LogP contribution >= 0.6 is 0 Å². The number of hydrogen-bond acceptors (Lipinski definition) is 15. The number of aliphatic hydroxyl groups excluding tert-OH is 1. The van der Waals surface area contributed by atoms with Crippen LogP contribution in [0, 0.1) is 11.8 Å². The van der Waals surface area contributed by atoms with Crippen LogP contribution < -0.4 is 48.3 Å². The molecule has 28 nitrogen and oxygen atoms in total. The average molecular weight is 987 g/mol. The highest BCUT2D eigenvalue weighted by molar-refractivity contribution is 5.98. The summed E-state index contributed by atoms with van der Waals surface area (Å²) in [5.41, 5.74) is 5.44. The number of carboxylic acids is 4. The lowest BCUT2D eigenvalue weighted by Gasteiger charge is -2.31. The highest BCUT2D eigenvalue weighted by atomic mass is 16.4. The molecule has 1 heterocycles. The van der Waals surface area contributed by atoms with Crippen LogP contribution in [-0.4, -0.2) is 182 Å². The molecule has 0 bridgehead atoms. The van der Waals surface area contributed by atoms with Crippen molar-refractivity contribution in [2.45, 2.75) is 147 Å². The molecule has 28 heteroatoms. The van der Waals surface area contributed by atoms with Crippen molar-refractivity contribution in [3.8, 4) is 0 Å². The molecular formula is C41H66N10O18. The van der Waals surface area contributed by atoms with Crippen LogP contribution in [0.3, 0.4) is 0 Å². The molecule has 9 amide bonds. The molecule has 0 radical (unpaired) electrons. The Hall–Kier alpha value is -6.97. The molecule has 0 aromatic heterocycles. The lowest BCUT2D eigenvalue weighted by Crippen LogP contribution is -2.62. The predicted molar refractivity (Wildman–Crippen MR) is 236 cm³/mol. The van der Waals surface area contributed by atoms with Gasteiger partial charge in [0.15, 0.2) is 0 Å². The summed E-state index contributed by atoms with van der Waals surface area (Å²) in [6.07, 6.45) is -4.64. The number of carbonyl (C=O) groups is 13. The van der Waals surface area contributed by atoms with E-state index >= 15 is 0 Å². The Bertz CT molecular complexity index is 1910. The van der Waals surface area contributed by atoms with Gasteiger partial charge in [0.05, 0.1) is 31.7 Å². The van der Waals surface area contributed by atoms with Crippen LogP contribution in [0.25, 0.3) is 0 Å². The maximum absolute atomic E-state index is 13.9. The molecule has 0 aromatic carbocycles. The fraction of sp³-hybridized carbons (Fsp3) is 0.683. The maximum Gasteiger partial charge on any atom is 0.326 e. The third-order valence-electron chi connectivity index (χ3n) is 10.8. The molecule has 0 aliphatic carbocycles. The monoisotopic (exact) mass is 986 g/mol. The van der Waals surface area contributed by atoms with Gasteiger partial charge in [-0.3, -0.25) is 57.5 Å². The van der Waals surface area contributed by atoms with E-state index < -0.39 is 189 Å². The van der Waals surface area contributed by atoms with E-state index in [9.17, 15) is 82.8 Å². The van der Waals surface area contributed by atoms with E-state index in [0.717, 1.165) is 11.8 Å². The van der Waals surface area contributed by atoms with Crippen molar-refractivity contribution in [3.63, 3.8) is 0 Å². The van der Waals surface area contributed by atoms with Crippen molar-refractivity contribution in [2.75, 3.05) is 19.6 Å². The van der Waals surface area contributed by atoms with Gasteiger partial charge in [-0.2, -0.15) is 0 Å². The summed E-state index contributed by atoms with van der Waals surface area (Å²) in [6.45, 7) is 7.66. The number of amides is 9. The van der Waals surface area contributed by atoms with Crippen molar-refractivity contribution in [2.24, 2.45) is 17.6 Å². The number of carboxylic acid groups (broad SMARTS) is 4. The Morgan fingerprint density at radius 2 is 1.09 bits per heavy atom. The first-order chi connectivity index (χ1) is 32.1. The molecule has 1 aliphatic heterocycles. The van der Waals surface area contributed by atoms with Crippen LogP contribution in [-0.2, 0) is 62.3 Å². The van der Waals surface area contributed by atoms with Crippen LogP contribution in [0.1, 0.15) is 92.9 Å². The molecule has 1 rings (SSSR count). The van der Waals surface area contributed by atoms with Crippen molar-refractivity contribution >= 4 is 77.0 Å². The largest absolute Gasteiger partial charge is 0.481 e. The summed E-state index contributed by atoms with van der Waals surface area (Å²) in [5.74, 6) is -16.1. The molecule has 1 aliphatic rings. The standard InChI is InChI=1S/C41H66N10O18/c1-7-19(4)32(49-40(67)33(21(6)52)50-37(64)25-9-8-14-51(25)27(54)17-43-26(53)16-44-34(61)20(5)42)39(66)46-22(10-12-28(55)56)35(62)45-23(11-13-29(57)58)36(63)48-31(18(2)3)38(65)47-24(41(68)69)15-30(59)60/h18-25,31-33,52H,7-17,42H2,1-6H3,(H,43,53)(H,44,61)(H,45,62)(H,46,66)(H,47,65)(H,48,63)(H,49,67)(H,50,64)(H,55,56)(H,57,58)(H,59,60)(H,68,69)/t19-,20-,21+,22-,23-,24-,25-,31-,32-,33-/m0/s1. The number of nitrogens with one attached hydrogen (secondary N) is 8. The van der Waals surface area contributed by atoms with Gasteiger partial charge in [0.2, 0.25) is 53.2 Å². The lowest BCUT2D eigenvalue weighted by atomic mass is 9.96. The number of carbonyl (C=O) groups excluding carboxylic acids is 9. The number of aliphatic hydroxyl groups is 1. The minimum Gasteiger partial charge on any atom is -0.481 e. The molecular weight excluding hydrogens is 921 g/mol. The van der Waals surface area contributed by atoms with Crippen molar-refractivity contribution in [1.82, 2.24) is 47.4 Å². The van der Waals surface area contributed by atoms with Crippen LogP contribution in [0.5, 0.6) is 0 Å². The highest BCUT2D eigenvalue weighted by Crippen LogP contribution is 2.18. The smallest absolute Gasteiger partial charge is 0.326 e. The highest BCUT2D eigenvalue weighted by Gasteiger charge is 2.39. The Labute approximate surface area is 396 Å².